The van der Waals surface area contributed by atoms with Crippen LogP contribution in [0.1, 0.15) is 0 Å². The highest BCUT2D eigenvalue weighted by atomic mass is 14.8. The van der Waals surface area contributed by atoms with Crippen LogP contribution in [0, 0.1) is 0 Å². The number of nitrogens with zero attached hydrogens (tertiary/aromatic N) is 8. The Morgan fingerprint density at radius 3 is 0.741 bits per heavy atom. The van der Waals surface area contributed by atoms with Gasteiger partial charge in [-0.25, -0.2) is 9.97 Å². The lowest BCUT2D eigenvalue weighted by Gasteiger charge is -2.06. The summed E-state index contributed by atoms with van der Waals surface area (Å²) in [7, 11) is 0. The highest BCUT2D eigenvalue weighted by Gasteiger charge is 2.08. The maximum Gasteiger partial charge on any atom is 0.0894 e. The van der Waals surface area contributed by atoms with Gasteiger partial charge < -0.3 is 0 Å². The summed E-state index contributed by atoms with van der Waals surface area (Å²) in [6, 6.07) is 55.1. The predicted octanol–water partition coefficient (Wildman–Crippen LogP) is 10.2. The van der Waals surface area contributed by atoms with Gasteiger partial charge in [-0.15, -0.1) is 0 Å². The van der Waals surface area contributed by atoms with Crippen molar-refractivity contribution < 1.29 is 0 Å². The SMILES string of the molecule is c1ccc(-c2cccc(-c3cccc(-c4ccccn4)n3)n2)nc1.c1ccc(-c2cccc(-c3ccccn3)c2)nc1.c1ccc(-c2ccccn2)nc1. The summed E-state index contributed by atoms with van der Waals surface area (Å²) in [5.41, 5.74) is 11.0. The number of aromatic nitrogens is 8. The van der Waals surface area contributed by atoms with Gasteiger partial charge in [0, 0.05) is 48.3 Å². The summed E-state index contributed by atoms with van der Waals surface area (Å²) >= 11 is 0. The third-order valence-corrected chi connectivity index (χ3v) is 7.99. The first-order chi connectivity index (χ1) is 26.8. The lowest BCUT2D eigenvalue weighted by Crippen LogP contribution is -1.93. The van der Waals surface area contributed by atoms with Crippen molar-refractivity contribution in [2.75, 3.05) is 0 Å². The second kappa shape index (κ2) is 18.1. The van der Waals surface area contributed by atoms with E-state index in [1.54, 1.807) is 24.8 Å². The van der Waals surface area contributed by atoms with Gasteiger partial charge >= 0.3 is 0 Å². The largest absolute Gasteiger partial charge is 0.256 e. The molecule has 0 aliphatic heterocycles. The second-order valence-corrected chi connectivity index (χ2v) is 11.7. The van der Waals surface area contributed by atoms with Gasteiger partial charge in [-0.3, -0.25) is 29.9 Å². The van der Waals surface area contributed by atoms with Gasteiger partial charge in [-0.05, 0) is 103 Å². The van der Waals surface area contributed by atoms with Gasteiger partial charge in [0.1, 0.15) is 0 Å². The molecule has 0 radical (unpaired) electrons. The molecular weight excluding hydrogens is 665 g/mol. The molecule has 0 aliphatic carbocycles. The van der Waals surface area contributed by atoms with Crippen LogP contribution in [0.3, 0.4) is 0 Å². The standard InChI is InChI=1S/C20H14N4.C16H12N2.C10H8N2/c1-3-13-21-15(7-1)17-9-5-11-19(23-17)20-12-6-10-18(24-20)16-8-2-4-14-22-16;1-3-10-17-15(8-1)13-6-5-7-14(12-13)16-9-2-4-11-18-16;1-3-7-11-9(5-1)10-6-2-4-8-12-10/h1-14H;1-12H;1-8H. The summed E-state index contributed by atoms with van der Waals surface area (Å²) in [5, 5.41) is 0. The van der Waals surface area contributed by atoms with E-state index in [4.69, 9.17) is 9.97 Å². The van der Waals surface area contributed by atoms with Crippen LogP contribution >= 0.6 is 0 Å². The zero-order chi connectivity index (χ0) is 36.6. The lowest BCUT2D eigenvalue weighted by atomic mass is 10.1. The Morgan fingerprint density at radius 2 is 0.444 bits per heavy atom. The van der Waals surface area contributed by atoms with E-state index in [2.05, 4.69) is 48.1 Å². The number of benzene rings is 1. The van der Waals surface area contributed by atoms with E-state index >= 15 is 0 Å². The van der Waals surface area contributed by atoms with Crippen LogP contribution < -0.4 is 0 Å². The van der Waals surface area contributed by atoms with Crippen LogP contribution in [0.2, 0.25) is 0 Å². The maximum atomic E-state index is 4.70. The fraction of sp³-hybridized carbons (Fsp3) is 0. The minimum absolute atomic E-state index is 0.816. The Balaban J connectivity index is 0.000000132. The van der Waals surface area contributed by atoms with Crippen LogP contribution in [0.15, 0.2) is 207 Å². The molecule has 0 saturated heterocycles. The van der Waals surface area contributed by atoms with Gasteiger partial charge in [0.05, 0.1) is 56.9 Å². The van der Waals surface area contributed by atoms with Crippen LogP contribution in [0.25, 0.3) is 68.1 Å². The summed E-state index contributed by atoms with van der Waals surface area (Å²) in [6.07, 6.45) is 10.7. The van der Waals surface area contributed by atoms with Crippen LogP contribution in [-0.2, 0) is 0 Å². The molecule has 8 nitrogen and oxygen atoms in total. The van der Waals surface area contributed by atoms with Crippen molar-refractivity contribution in [3.05, 3.63) is 207 Å². The molecule has 0 N–H and O–H groups in total. The number of rotatable bonds is 6. The van der Waals surface area contributed by atoms with Crippen LogP contribution in [0.4, 0.5) is 0 Å². The molecule has 54 heavy (non-hydrogen) atoms. The van der Waals surface area contributed by atoms with Gasteiger partial charge in [-0.2, -0.15) is 0 Å². The molecule has 0 amide bonds. The molecule has 0 aliphatic rings. The van der Waals surface area contributed by atoms with E-state index in [1.807, 2.05) is 164 Å². The van der Waals surface area contributed by atoms with E-state index < -0.39 is 0 Å². The van der Waals surface area contributed by atoms with Crippen molar-refractivity contribution in [3.8, 4) is 68.1 Å². The number of hydrogen-bond acceptors (Lipinski definition) is 8. The number of hydrogen-bond donors (Lipinski definition) is 0. The molecule has 0 atom stereocenters. The average molecular weight is 699 g/mol. The average Bonchev–Trinajstić information content (AvgIpc) is 3.29. The molecule has 9 rings (SSSR count). The van der Waals surface area contributed by atoms with E-state index in [-0.39, 0.29) is 0 Å². The van der Waals surface area contributed by atoms with Gasteiger partial charge in [-0.1, -0.05) is 66.7 Å². The van der Waals surface area contributed by atoms with Crippen molar-refractivity contribution in [1.29, 1.82) is 0 Å². The van der Waals surface area contributed by atoms with Crippen molar-refractivity contribution in [3.63, 3.8) is 0 Å². The first kappa shape index (κ1) is 34.9. The Hall–Kier alpha value is -7.58. The zero-order valence-electron chi connectivity index (χ0n) is 29.2. The summed E-state index contributed by atoms with van der Waals surface area (Å²) in [6.45, 7) is 0. The summed E-state index contributed by atoms with van der Waals surface area (Å²) < 4.78 is 0. The van der Waals surface area contributed by atoms with Gasteiger partial charge in [0.2, 0.25) is 0 Å². The molecule has 0 fully saturated rings. The molecule has 9 aromatic rings. The van der Waals surface area contributed by atoms with Gasteiger partial charge in [0.25, 0.3) is 0 Å². The normalized spacial score (nSPS) is 10.2. The Labute approximate surface area is 314 Å². The maximum absolute atomic E-state index is 4.70. The summed E-state index contributed by atoms with van der Waals surface area (Å²) in [5.74, 6) is 0. The van der Waals surface area contributed by atoms with Crippen molar-refractivity contribution in [2.24, 2.45) is 0 Å². The zero-order valence-corrected chi connectivity index (χ0v) is 29.2. The highest BCUT2D eigenvalue weighted by Crippen LogP contribution is 2.24. The molecule has 0 unspecified atom stereocenters. The Kier molecular flexibility index (Phi) is 11.7. The molecule has 8 aromatic heterocycles. The topological polar surface area (TPSA) is 103 Å². The number of pyridine rings is 8. The van der Waals surface area contributed by atoms with Gasteiger partial charge in [0.15, 0.2) is 0 Å². The fourth-order valence-electron chi connectivity index (χ4n) is 5.40. The monoisotopic (exact) mass is 698 g/mol. The molecule has 0 spiro atoms. The fourth-order valence-corrected chi connectivity index (χ4v) is 5.40. The Morgan fingerprint density at radius 1 is 0.204 bits per heavy atom. The van der Waals surface area contributed by atoms with E-state index in [1.165, 1.54) is 0 Å². The van der Waals surface area contributed by atoms with Crippen molar-refractivity contribution in [2.45, 2.75) is 0 Å². The van der Waals surface area contributed by atoms with E-state index in [0.29, 0.717) is 0 Å². The predicted molar refractivity (Wildman–Crippen MR) is 214 cm³/mol. The smallest absolute Gasteiger partial charge is 0.0894 e. The molecular formula is C46H34N8. The Bertz CT molecular complexity index is 2300. The van der Waals surface area contributed by atoms with Crippen LogP contribution in [0.5, 0.6) is 0 Å². The molecule has 0 bridgehead atoms. The molecule has 0 saturated carbocycles. The molecule has 8 heteroatoms. The summed E-state index contributed by atoms with van der Waals surface area (Å²) in [4.78, 5) is 35.2. The highest BCUT2D eigenvalue weighted by molar-refractivity contribution is 5.69. The first-order valence-electron chi connectivity index (χ1n) is 17.3. The van der Waals surface area contributed by atoms with Crippen LogP contribution in [-0.4, -0.2) is 39.9 Å². The van der Waals surface area contributed by atoms with Crippen molar-refractivity contribution >= 4 is 0 Å². The minimum Gasteiger partial charge on any atom is -0.256 e. The van der Waals surface area contributed by atoms with E-state index in [0.717, 1.165) is 68.1 Å². The quantitative estimate of drug-likeness (QED) is 0.169. The van der Waals surface area contributed by atoms with E-state index in [9.17, 15) is 0 Å². The third-order valence-electron chi connectivity index (χ3n) is 7.99. The lowest BCUT2D eigenvalue weighted by molar-refractivity contribution is 1.20. The third kappa shape index (κ3) is 9.39. The molecule has 1 aromatic carbocycles. The van der Waals surface area contributed by atoms with Crippen molar-refractivity contribution in [1.82, 2.24) is 39.9 Å². The second-order valence-electron chi connectivity index (χ2n) is 11.7. The molecule has 8 heterocycles. The minimum atomic E-state index is 0.816. The molecule has 258 valence electrons. The first-order valence-corrected chi connectivity index (χ1v) is 17.3.